The predicted octanol–water partition coefficient (Wildman–Crippen LogP) is 1.54. The van der Waals surface area contributed by atoms with Crippen LogP contribution in [-0.4, -0.2) is 29.1 Å². The van der Waals surface area contributed by atoms with Crippen LogP contribution in [0, 0.1) is 6.92 Å². The smallest absolute Gasteiger partial charge is 0.305 e. The maximum Gasteiger partial charge on any atom is 0.305 e. The van der Waals surface area contributed by atoms with Gasteiger partial charge in [-0.15, -0.1) is 0 Å². The molecule has 0 unspecified atom stereocenters. The number of ether oxygens (including phenoxy) is 1. The molecule has 88 valence electrons. The molecule has 0 saturated heterocycles. The quantitative estimate of drug-likeness (QED) is 0.585. The highest BCUT2D eigenvalue weighted by molar-refractivity contribution is 5.69. The molecule has 16 heavy (non-hydrogen) atoms. The number of hydrogen-bond donors (Lipinski definition) is 1. The second-order valence-electron chi connectivity index (χ2n) is 3.33. The van der Waals surface area contributed by atoms with E-state index in [2.05, 4.69) is 15.3 Å². The summed E-state index contributed by atoms with van der Waals surface area (Å²) in [7, 11) is 0. The number of rotatable bonds is 6. The maximum absolute atomic E-state index is 11.0. The van der Waals surface area contributed by atoms with Gasteiger partial charge in [-0.25, -0.2) is 4.98 Å². The van der Waals surface area contributed by atoms with E-state index in [1.807, 2.05) is 6.92 Å². The summed E-state index contributed by atoms with van der Waals surface area (Å²) in [6, 6.07) is 0. The van der Waals surface area contributed by atoms with Crippen molar-refractivity contribution in [1.29, 1.82) is 0 Å². The van der Waals surface area contributed by atoms with E-state index in [-0.39, 0.29) is 5.97 Å². The van der Waals surface area contributed by atoms with Gasteiger partial charge in [-0.1, -0.05) is 0 Å². The molecule has 1 aromatic heterocycles. The van der Waals surface area contributed by atoms with Gasteiger partial charge in [0.2, 0.25) is 0 Å². The molecule has 0 fully saturated rings. The van der Waals surface area contributed by atoms with Crippen molar-refractivity contribution in [3.63, 3.8) is 0 Å². The van der Waals surface area contributed by atoms with Gasteiger partial charge in [-0.2, -0.15) is 0 Å². The normalized spacial score (nSPS) is 9.88. The Kier molecular flexibility index (Phi) is 5.25. The summed E-state index contributed by atoms with van der Waals surface area (Å²) in [5, 5.41) is 3.13. The number of hydrogen-bond acceptors (Lipinski definition) is 5. The summed E-state index contributed by atoms with van der Waals surface area (Å²) in [5.74, 6) is 0.617. The van der Waals surface area contributed by atoms with Gasteiger partial charge in [0.25, 0.3) is 0 Å². The molecule has 1 aromatic rings. The van der Waals surface area contributed by atoms with Crippen molar-refractivity contribution in [2.24, 2.45) is 0 Å². The highest BCUT2D eigenvalue weighted by atomic mass is 16.5. The Morgan fingerprint density at radius 3 is 2.88 bits per heavy atom. The highest BCUT2D eigenvalue weighted by Gasteiger charge is 2.02. The van der Waals surface area contributed by atoms with Crippen molar-refractivity contribution in [3.8, 4) is 0 Å². The fourth-order valence-electron chi connectivity index (χ4n) is 1.25. The number of carbonyl (C=O) groups excluding carboxylic acids is 1. The topological polar surface area (TPSA) is 64.1 Å². The first kappa shape index (κ1) is 12.4. The fourth-order valence-corrected chi connectivity index (χ4v) is 1.25. The second kappa shape index (κ2) is 6.76. The van der Waals surface area contributed by atoms with Crippen LogP contribution in [0.3, 0.4) is 0 Å². The Balaban J connectivity index is 2.21. The summed E-state index contributed by atoms with van der Waals surface area (Å²) < 4.78 is 4.82. The lowest BCUT2D eigenvalue weighted by Crippen LogP contribution is -2.09. The first-order chi connectivity index (χ1) is 7.74. The summed E-state index contributed by atoms with van der Waals surface area (Å²) in [6.45, 7) is 4.83. The molecular formula is C11H17N3O2. The first-order valence-electron chi connectivity index (χ1n) is 5.41. The molecule has 0 atom stereocenters. The number of nitrogens with one attached hydrogen (secondary N) is 1. The lowest BCUT2D eigenvalue weighted by atomic mass is 10.3. The van der Waals surface area contributed by atoms with Gasteiger partial charge in [-0.05, 0) is 20.3 Å². The molecule has 0 amide bonds. The number of esters is 1. The van der Waals surface area contributed by atoms with Crippen LogP contribution in [0.1, 0.15) is 25.5 Å². The van der Waals surface area contributed by atoms with Gasteiger partial charge >= 0.3 is 5.97 Å². The number of aryl methyl sites for hydroxylation is 1. The Bertz CT molecular complexity index is 342. The molecule has 0 spiro atoms. The molecule has 5 nitrogen and oxygen atoms in total. The molecule has 0 bridgehead atoms. The van der Waals surface area contributed by atoms with Crippen LogP contribution in [0.4, 0.5) is 5.82 Å². The monoisotopic (exact) mass is 223 g/mol. The third kappa shape index (κ3) is 4.25. The molecule has 1 N–H and O–H groups in total. The van der Waals surface area contributed by atoms with E-state index in [4.69, 9.17) is 4.74 Å². The van der Waals surface area contributed by atoms with Crippen molar-refractivity contribution in [2.75, 3.05) is 18.5 Å². The van der Waals surface area contributed by atoms with E-state index in [1.165, 1.54) is 0 Å². The lowest BCUT2D eigenvalue weighted by molar-refractivity contribution is -0.143. The predicted molar refractivity (Wildman–Crippen MR) is 61.1 cm³/mol. The lowest BCUT2D eigenvalue weighted by Gasteiger charge is -2.06. The van der Waals surface area contributed by atoms with Crippen LogP contribution in [-0.2, 0) is 9.53 Å². The van der Waals surface area contributed by atoms with Crippen LogP contribution in [0.5, 0.6) is 0 Å². The number of anilines is 1. The SMILES string of the molecule is CCOC(=O)CCCNc1nccnc1C. The van der Waals surface area contributed by atoms with Crippen LogP contribution < -0.4 is 5.32 Å². The van der Waals surface area contributed by atoms with Gasteiger partial charge in [0.1, 0.15) is 5.82 Å². The zero-order valence-corrected chi connectivity index (χ0v) is 9.69. The van der Waals surface area contributed by atoms with Crippen molar-refractivity contribution >= 4 is 11.8 Å². The first-order valence-corrected chi connectivity index (χ1v) is 5.41. The third-order valence-corrected chi connectivity index (χ3v) is 2.04. The molecule has 1 heterocycles. The summed E-state index contributed by atoms with van der Waals surface area (Å²) >= 11 is 0. The minimum atomic E-state index is -0.153. The van der Waals surface area contributed by atoms with Gasteiger partial charge in [0.05, 0.1) is 12.3 Å². The van der Waals surface area contributed by atoms with E-state index >= 15 is 0 Å². The zero-order chi connectivity index (χ0) is 11.8. The largest absolute Gasteiger partial charge is 0.466 e. The van der Waals surface area contributed by atoms with Gasteiger partial charge in [-0.3, -0.25) is 9.78 Å². The Morgan fingerprint density at radius 1 is 1.44 bits per heavy atom. The van der Waals surface area contributed by atoms with E-state index in [0.717, 1.165) is 17.9 Å². The van der Waals surface area contributed by atoms with Crippen LogP contribution >= 0.6 is 0 Å². The standard InChI is InChI=1S/C11H17N3O2/c1-3-16-10(15)5-4-6-13-11-9(2)12-7-8-14-11/h7-8H,3-6H2,1-2H3,(H,13,14). The minimum absolute atomic E-state index is 0.153. The van der Waals surface area contributed by atoms with Crippen molar-refractivity contribution < 1.29 is 9.53 Å². The zero-order valence-electron chi connectivity index (χ0n) is 9.69. The number of nitrogens with zero attached hydrogens (tertiary/aromatic N) is 2. The molecule has 0 aliphatic rings. The van der Waals surface area contributed by atoms with Gasteiger partial charge < -0.3 is 10.1 Å². The Morgan fingerprint density at radius 2 is 2.19 bits per heavy atom. The average Bonchev–Trinajstić information content (AvgIpc) is 2.27. The molecular weight excluding hydrogens is 206 g/mol. The van der Waals surface area contributed by atoms with E-state index in [9.17, 15) is 4.79 Å². The second-order valence-corrected chi connectivity index (χ2v) is 3.33. The number of aromatic nitrogens is 2. The highest BCUT2D eigenvalue weighted by Crippen LogP contribution is 2.06. The summed E-state index contributed by atoms with van der Waals surface area (Å²) in [5.41, 5.74) is 0.860. The Hall–Kier alpha value is -1.65. The minimum Gasteiger partial charge on any atom is -0.466 e. The van der Waals surface area contributed by atoms with Crippen molar-refractivity contribution in [3.05, 3.63) is 18.1 Å². The molecule has 0 aliphatic carbocycles. The molecule has 0 saturated carbocycles. The average molecular weight is 223 g/mol. The summed E-state index contributed by atoms with van der Waals surface area (Å²) in [4.78, 5) is 19.3. The number of carbonyl (C=O) groups is 1. The molecule has 0 aliphatic heterocycles. The molecule has 0 radical (unpaired) electrons. The van der Waals surface area contributed by atoms with Crippen molar-refractivity contribution in [1.82, 2.24) is 9.97 Å². The van der Waals surface area contributed by atoms with Crippen LogP contribution in [0.2, 0.25) is 0 Å². The third-order valence-electron chi connectivity index (χ3n) is 2.04. The fraction of sp³-hybridized carbons (Fsp3) is 0.545. The maximum atomic E-state index is 11.0. The van der Waals surface area contributed by atoms with E-state index in [0.29, 0.717) is 19.6 Å². The van der Waals surface area contributed by atoms with Crippen LogP contribution in [0.15, 0.2) is 12.4 Å². The van der Waals surface area contributed by atoms with Gasteiger partial charge in [0.15, 0.2) is 0 Å². The van der Waals surface area contributed by atoms with Crippen LogP contribution in [0.25, 0.3) is 0 Å². The van der Waals surface area contributed by atoms with E-state index < -0.39 is 0 Å². The van der Waals surface area contributed by atoms with Crippen molar-refractivity contribution in [2.45, 2.75) is 26.7 Å². The summed E-state index contributed by atoms with van der Waals surface area (Å²) in [6.07, 6.45) is 4.45. The Labute approximate surface area is 95.3 Å². The molecule has 5 heteroatoms. The molecule has 1 rings (SSSR count). The molecule has 0 aromatic carbocycles. The van der Waals surface area contributed by atoms with Gasteiger partial charge in [0, 0.05) is 25.4 Å². The van der Waals surface area contributed by atoms with E-state index in [1.54, 1.807) is 19.3 Å².